The summed E-state index contributed by atoms with van der Waals surface area (Å²) in [5.74, 6) is -0.244. The van der Waals surface area contributed by atoms with Crippen molar-refractivity contribution in [3.05, 3.63) is 88.4 Å². The zero-order valence-corrected chi connectivity index (χ0v) is 21.0. The van der Waals surface area contributed by atoms with Crippen LogP contribution >= 0.6 is 23.2 Å². The average molecular weight is 518 g/mol. The van der Waals surface area contributed by atoms with Gasteiger partial charge in [0.05, 0.1) is 10.6 Å². The minimum Gasteiger partial charge on any atom is -0.368 e. The average Bonchev–Trinajstić information content (AvgIpc) is 2.83. The van der Waals surface area contributed by atoms with Gasteiger partial charge in [0.1, 0.15) is 6.54 Å². The molecule has 0 unspecified atom stereocenters. The number of halogens is 2. The molecule has 3 aromatic rings. The molecule has 0 bridgehead atoms. The van der Waals surface area contributed by atoms with Crippen LogP contribution in [0.25, 0.3) is 0 Å². The van der Waals surface area contributed by atoms with Gasteiger partial charge in [-0.1, -0.05) is 47.5 Å². The topological polar surface area (TPSA) is 60.9 Å². The van der Waals surface area contributed by atoms with Crippen LogP contribution in [0.3, 0.4) is 0 Å². The summed E-state index contributed by atoms with van der Waals surface area (Å²) in [5, 5.41) is 1.10. The number of anilines is 2. The first-order chi connectivity index (χ1) is 16.3. The summed E-state index contributed by atoms with van der Waals surface area (Å²) in [6.07, 6.45) is 0. The van der Waals surface area contributed by atoms with Crippen LogP contribution in [0.15, 0.2) is 77.7 Å². The molecule has 0 radical (unpaired) electrons. The van der Waals surface area contributed by atoms with Crippen molar-refractivity contribution in [3.8, 4) is 0 Å². The SMILES string of the molecule is Cc1ccccc1N(CC(=O)N1CCN(c2cccc(Cl)c2)CC1)S(=O)(=O)c1ccc(Cl)cc1. The first-order valence-electron chi connectivity index (χ1n) is 10.9. The van der Waals surface area contributed by atoms with Gasteiger partial charge in [-0.3, -0.25) is 9.10 Å². The zero-order chi connectivity index (χ0) is 24.3. The Morgan fingerprint density at radius 3 is 2.21 bits per heavy atom. The Balaban J connectivity index is 1.54. The third kappa shape index (κ3) is 5.32. The molecular formula is C25H25Cl2N3O3S. The Kier molecular flexibility index (Phi) is 7.36. The molecule has 1 fully saturated rings. The number of hydrogen-bond donors (Lipinski definition) is 0. The molecule has 6 nitrogen and oxygen atoms in total. The van der Waals surface area contributed by atoms with Gasteiger partial charge in [0.15, 0.2) is 0 Å². The lowest BCUT2D eigenvalue weighted by atomic mass is 10.2. The van der Waals surface area contributed by atoms with Crippen molar-refractivity contribution >= 4 is 50.5 Å². The summed E-state index contributed by atoms with van der Waals surface area (Å²) in [4.78, 5) is 17.2. The summed E-state index contributed by atoms with van der Waals surface area (Å²) in [6.45, 7) is 3.81. The summed E-state index contributed by atoms with van der Waals surface area (Å²) in [5.41, 5.74) is 2.24. The first kappa shape index (κ1) is 24.4. The molecule has 0 aliphatic carbocycles. The van der Waals surface area contributed by atoms with Crippen LogP contribution in [0, 0.1) is 6.92 Å². The molecule has 9 heteroatoms. The lowest BCUT2D eigenvalue weighted by Gasteiger charge is -2.37. The normalized spacial score (nSPS) is 14.2. The molecule has 34 heavy (non-hydrogen) atoms. The Labute approximate surface area is 210 Å². The maximum Gasteiger partial charge on any atom is 0.264 e. The van der Waals surface area contributed by atoms with Crippen molar-refractivity contribution in [3.63, 3.8) is 0 Å². The van der Waals surface area contributed by atoms with Crippen molar-refractivity contribution in [2.45, 2.75) is 11.8 Å². The highest BCUT2D eigenvalue weighted by molar-refractivity contribution is 7.92. The fourth-order valence-corrected chi connectivity index (χ4v) is 5.78. The van der Waals surface area contributed by atoms with Crippen molar-refractivity contribution in [2.24, 2.45) is 0 Å². The van der Waals surface area contributed by atoms with Gasteiger partial charge in [0.2, 0.25) is 5.91 Å². The number of amides is 1. The molecule has 1 aliphatic rings. The number of carbonyl (C=O) groups is 1. The minimum atomic E-state index is -3.98. The van der Waals surface area contributed by atoms with Gasteiger partial charge in [0, 0.05) is 41.9 Å². The van der Waals surface area contributed by atoms with Crippen LogP contribution in [0.1, 0.15) is 5.56 Å². The van der Waals surface area contributed by atoms with E-state index >= 15 is 0 Å². The molecule has 1 amide bonds. The van der Waals surface area contributed by atoms with Crippen LogP contribution in [-0.4, -0.2) is 51.9 Å². The third-order valence-corrected chi connectivity index (χ3v) is 8.13. The van der Waals surface area contributed by atoms with Crippen LogP contribution in [0.2, 0.25) is 10.0 Å². The van der Waals surface area contributed by atoms with E-state index in [9.17, 15) is 13.2 Å². The Bertz CT molecular complexity index is 1270. The minimum absolute atomic E-state index is 0.0822. The van der Waals surface area contributed by atoms with E-state index in [0.29, 0.717) is 41.9 Å². The summed E-state index contributed by atoms with van der Waals surface area (Å²) >= 11 is 12.1. The molecule has 0 aromatic heterocycles. The van der Waals surface area contributed by atoms with Crippen LogP contribution in [0.4, 0.5) is 11.4 Å². The molecule has 0 spiro atoms. The van der Waals surface area contributed by atoms with E-state index in [1.54, 1.807) is 17.0 Å². The van der Waals surface area contributed by atoms with E-state index in [-0.39, 0.29) is 17.3 Å². The standard InChI is InChI=1S/C25H25Cl2N3O3S/c1-19-5-2-3-8-24(19)30(34(32,33)23-11-9-20(26)10-12-23)18-25(31)29-15-13-28(14-16-29)22-7-4-6-21(27)17-22/h2-12,17H,13-16,18H2,1H3. The number of carbonyl (C=O) groups excluding carboxylic acids is 1. The van der Waals surface area contributed by atoms with Gasteiger partial charge in [-0.15, -0.1) is 0 Å². The third-order valence-electron chi connectivity index (χ3n) is 5.87. The maximum absolute atomic E-state index is 13.6. The smallest absolute Gasteiger partial charge is 0.264 e. The number of benzene rings is 3. The molecule has 1 aliphatic heterocycles. The van der Waals surface area contributed by atoms with Crippen LogP contribution in [0.5, 0.6) is 0 Å². The van der Waals surface area contributed by atoms with E-state index in [4.69, 9.17) is 23.2 Å². The second kappa shape index (κ2) is 10.3. The van der Waals surface area contributed by atoms with E-state index in [1.807, 2.05) is 43.3 Å². The first-order valence-corrected chi connectivity index (χ1v) is 13.1. The lowest BCUT2D eigenvalue weighted by Crippen LogP contribution is -2.52. The molecular weight excluding hydrogens is 493 g/mol. The van der Waals surface area contributed by atoms with Gasteiger partial charge in [0.25, 0.3) is 10.0 Å². The van der Waals surface area contributed by atoms with Crippen molar-refractivity contribution in [1.29, 1.82) is 0 Å². The fraction of sp³-hybridized carbons (Fsp3) is 0.240. The fourth-order valence-electron chi connectivity index (χ4n) is 3.99. The highest BCUT2D eigenvalue weighted by atomic mass is 35.5. The van der Waals surface area contributed by atoms with Gasteiger partial charge in [-0.2, -0.15) is 0 Å². The quantitative estimate of drug-likeness (QED) is 0.469. The second-order valence-electron chi connectivity index (χ2n) is 8.10. The molecule has 3 aromatic carbocycles. The van der Waals surface area contributed by atoms with E-state index in [2.05, 4.69) is 4.90 Å². The van der Waals surface area contributed by atoms with Crippen molar-refractivity contribution in [1.82, 2.24) is 4.90 Å². The number of piperazine rings is 1. The van der Waals surface area contributed by atoms with Gasteiger partial charge in [-0.05, 0) is 61.0 Å². The van der Waals surface area contributed by atoms with Gasteiger partial charge < -0.3 is 9.80 Å². The number of nitrogens with zero attached hydrogens (tertiary/aromatic N) is 3. The van der Waals surface area contributed by atoms with Crippen molar-refractivity contribution in [2.75, 3.05) is 41.9 Å². The highest BCUT2D eigenvalue weighted by Gasteiger charge is 2.31. The predicted octanol–water partition coefficient (Wildman–Crippen LogP) is 4.85. The Hall–Kier alpha value is -2.74. The Morgan fingerprint density at radius 2 is 1.56 bits per heavy atom. The Morgan fingerprint density at radius 1 is 0.882 bits per heavy atom. The molecule has 1 saturated heterocycles. The molecule has 0 saturated carbocycles. The zero-order valence-electron chi connectivity index (χ0n) is 18.7. The summed E-state index contributed by atoms with van der Waals surface area (Å²) in [6, 6.07) is 20.7. The van der Waals surface area contributed by atoms with Gasteiger partial charge in [-0.25, -0.2) is 8.42 Å². The number of aryl methyl sites for hydroxylation is 1. The van der Waals surface area contributed by atoms with Gasteiger partial charge >= 0.3 is 0 Å². The summed E-state index contributed by atoms with van der Waals surface area (Å²) in [7, 11) is -3.98. The van der Waals surface area contributed by atoms with Crippen LogP contribution in [-0.2, 0) is 14.8 Å². The molecule has 0 atom stereocenters. The largest absolute Gasteiger partial charge is 0.368 e. The molecule has 0 N–H and O–H groups in total. The number of sulfonamides is 1. The van der Waals surface area contributed by atoms with Crippen molar-refractivity contribution < 1.29 is 13.2 Å². The number of hydrogen-bond acceptors (Lipinski definition) is 4. The number of rotatable bonds is 6. The monoisotopic (exact) mass is 517 g/mol. The highest BCUT2D eigenvalue weighted by Crippen LogP contribution is 2.28. The predicted molar refractivity (Wildman–Crippen MR) is 137 cm³/mol. The maximum atomic E-state index is 13.6. The van der Waals surface area contributed by atoms with E-state index < -0.39 is 10.0 Å². The summed E-state index contributed by atoms with van der Waals surface area (Å²) < 4.78 is 28.3. The second-order valence-corrected chi connectivity index (χ2v) is 10.8. The molecule has 4 rings (SSSR count). The molecule has 1 heterocycles. The van der Waals surface area contributed by atoms with Crippen LogP contribution < -0.4 is 9.21 Å². The number of para-hydroxylation sites is 1. The van der Waals surface area contributed by atoms with E-state index in [1.165, 1.54) is 28.6 Å². The van der Waals surface area contributed by atoms with E-state index in [0.717, 1.165) is 11.3 Å². The molecule has 178 valence electrons. The lowest BCUT2D eigenvalue weighted by molar-refractivity contribution is -0.129.